The van der Waals surface area contributed by atoms with Crippen molar-refractivity contribution in [3.8, 4) is 0 Å². The van der Waals surface area contributed by atoms with Crippen LogP contribution in [-0.4, -0.2) is 50.0 Å². The number of sulfonamides is 1. The van der Waals surface area contributed by atoms with Crippen molar-refractivity contribution in [1.29, 1.82) is 0 Å². The van der Waals surface area contributed by atoms with Gasteiger partial charge in [-0.2, -0.15) is 4.31 Å². The van der Waals surface area contributed by atoms with Crippen molar-refractivity contribution >= 4 is 49.2 Å². The van der Waals surface area contributed by atoms with Gasteiger partial charge in [-0.3, -0.25) is 4.79 Å². The maximum Gasteiger partial charge on any atom is 0.348 e. The largest absolute Gasteiger partial charge is 0.481 e. The summed E-state index contributed by atoms with van der Waals surface area (Å²) in [4.78, 5) is 22.2. The van der Waals surface area contributed by atoms with E-state index in [1.807, 2.05) is 0 Å². The van der Waals surface area contributed by atoms with Crippen molar-refractivity contribution < 1.29 is 27.9 Å². The number of methoxy groups -OCH3 is 1. The van der Waals surface area contributed by atoms with E-state index >= 15 is 0 Å². The van der Waals surface area contributed by atoms with Crippen LogP contribution in [-0.2, 0) is 19.6 Å². The highest BCUT2D eigenvalue weighted by Crippen LogP contribution is 2.36. The van der Waals surface area contributed by atoms with Gasteiger partial charge < -0.3 is 9.84 Å². The maximum atomic E-state index is 12.4. The highest BCUT2D eigenvalue weighted by atomic mass is 79.9. The highest BCUT2D eigenvalue weighted by Gasteiger charge is 2.39. The van der Waals surface area contributed by atoms with Crippen molar-refractivity contribution in [3.05, 3.63) is 14.7 Å². The highest BCUT2D eigenvalue weighted by molar-refractivity contribution is 9.11. The number of carboxylic acids is 1. The average molecular weight is 398 g/mol. The summed E-state index contributed by atoms with van der Waals surface area (Å²) >= 11 is 4.12. The molecule has 0 unspecified atom stereocenters. The van der Waals surface area contributed by atoms with Gasteiger partial charge in [-0.1, -0.05) is 0 Å². The summed E-state index contributed by atoms with van der Waals surface area (Å²) in [7, 11) is -2.51. The predicted octanol–water partition coefficient (Wildman–Crippen LogP) is 1.39. The van der Waals surface area contributed by atoms with Gasteiger partial charge in [-0.05, 0) is 27.9 Å². The average Bonchev–Trinajstić information content (AvgIpc) is 2.74. The number of hydrogen-bond acceptors (Lipinski definition) is 6. The first kappa shape index (κ1) is 16.4. The van der Waals surface area contributed by atoms with E-state index in [4.69, 9.17) is 5.11 Å². The number of carbonyl (C=O) groups is 2. The molecule has 0 saturated carbocycles. The molecule has 116 valence electrons. The van der Waals surface area contributed by atoms with Crippen LogP contribution < -0.4 is 0 Å². The van der Waals surface area contributed by atoms with Crippen LogP contribution in [0.1, 0.15) is 16.1 Å². The van der Waals surface area contributed by atoms with E-state index in [1.165, 1.54) is 17.5 Å². The van der Waals surface area contributed by atoms with Crippen molar-refractivity contribution in [1.82, 2.24) is 4.31 Å². The molecule has 7 nitrogen and oxygen atoms in total. The summed E-state index contributed by atoms with van der Waals surface area (Å²) < 4.78 is 30.9. The van der Waals surface area contributed by atoms with Crippen LogP contribution >= 0.6 is 27.3 Å². The van der Waals surface area contributed by atoms with Crippen LogP contribution in [0.4, 0.5) is 0 Å². The molecule has 0 aliphatic carbocycles. The Balaban J connectivity index is 2.16. The van der Waals surface area contributed by atoms with Crippen molar-refractivity contribution in [2.45, 2.75) is 11.3 Å². The molecule has 0 atom stereocenters. The van der Waals surface area contributed by atoms with E-state index < -0.39 is 22.0 Å². The van der Waals surface area contributed by atoms with Gasteiger partial charge in [0.15, 0.2) is 0 Å². The number of thiophene rings is 1. The normalized spacial score (nSPS) is 16.5. The lowest BCUT2D eigenvalue weighted by atomic mass is 10.00. The molecule has 1 aromatic heterocycles. The number of carboxylic acid groups (broad SMARTS) is 1. The molecule has 0 radical (unpaired) electrons. The number of aliphatic carboxylic acids is 1. The Labute approximate surface area is 133 Å². The summed E-state index contributed by atoms with van der Waals surface area (Å²) in [5, 5.41) is 8.67. The predicted molar refractivity (Wildman–Crippen MR) is 77.9 cm³/mol. The van der Waals surface area contributed by atoms with E-state index in [9.17, 15) is 18.0 Å². The number of nitrogens with zero attached hydrogens (tertiary/aromatic N) is 1. The molecule has 0 aromatic carbocycles. The molecular weight excluding hydrogens is 386 g/mol. The van der Waals surface area contributed by atoms with Gasteiger partial charge in [0, 0.05) is 13.1 Å². The minimum absolute atomic E-state index is 0.00155. The van der Waals surface area contributed by atoms with Crippen molar-refractivity contribution in [2.24, 2.45) is 5.92 Å². The molecular formula is C11H12BrNO6S2. The summed E-state index contributed by atoms with van der Waals surface area (Å²) in [5.74, 6) is -1.72. The Bertz CT molecular complexity index is 677. The Hall–Kier alpha value is -0.970. The van der Waals surface area contributed by atoms with Crippen LogP contribution in [0.3, 0.4) is 0 Å². The molecule has 0 spiro atoms. The molecule has 2 heterocycles. The summed E-state index contributed by atoms with van der Waals surface area (Å²) in [5.41, 5.74) is 0. The van der Waals surface area contributed by atoms with Gasteiger partial charge >= 0.3 is 11.9 Å². The zero-order valence-corrected chi connectivity index (χ0v) is 14.1. The first-order valence-electron chi connectivity index (χ1n) is 5.85. The first-order valence-corrected chi connectivity index (χ1v) is 8.90. The van der Waals surface area contributed by atoms with Gasteiger partial charge in [0.1, 0.15) is 9.77 Å². The van der Waals surface area contributed by atoms with E-state index in [0.717, 1.165) is 11.3 Å². The monoisotopic (exact) mass is 397 g/mol. The Morgan fingerprint density at radius 2 is 2.14 bits per heavy atom. The van der Waals surface area contributed by atoms with Crippen molar-refractivity contribution in [3.63, 3.8) is 0 Å². The number of hydrogen-bond donors (Lipinski definition) is 1. The van der Waals surface area contributed by atoms with E-state index in [1.54, 1.807) is 0 Å². The van der Waals surface area contributed by atoms with E-state index in [0.29, 0.717) is 3.79 Å². The fraction of sp³-hybridized carbons (Fsp3) is 0.455. The molecule has 1 N–H and O–H groups in total. The molecule has 1 aliphatic heterocycles. The second-order valence-corrected chi connectivity index (χ2v) is 8.80. The molecule has 1 saturated heterocycles. The number of halogens is 1. The fourth-order valence-electron chi connectivity index (χ4n) is 1.96. The third-order valence-electron chi connectivity index (χ3n) is 3.05. The quantitative estimate of drug-likeness (QED) is 0.753. The molecule has 1 aliphatic rings. The minimum Gasteiger partial charge on any atom is -0.481 e. The lowest BCUT2D eigenvalue weighted by molar-refractivity contribution is -0.139. The van der Waals surface area contributed by atoms with Crippen molar-refractivity contribution in [2.75, 3.05) is 20.2 Å². The van der Waals surface area contributed by atoms with Crippen LogP contribution in [0, 0.1) is 5.92 Å². The Morgan fingerprint density at radius 3 is 2.67 bits per heavy atom. The molecule has 10 heteroatoms. The molecule has 1 aromatic rings. The van der Waals surface area contributed by atoms with E-state index in [-0.39, 0.29) is 35.2 Å². The second kappa shape index (κ2) is 6.03. The smallest absolute Gasteiger partial charge is 0.348 e. The third kappa shape index (κ3) is 3.28. The van der Waals surface area contributed by atoms with E-state index in [2.05, 4.69) is 20.7 Å². The van der Waals surface area contributed by atoms with Crippen LogP contribution in [0.25, 0.3) is 0 Å². The zero-order valence-electron chi connectivity index (χ0n) is 10.9. The molecule has 21 heavy (non-hydrogen) atoms. The second-order valence-electron chi connectivity index (χ2n) is 4.53. The van der Waals surface area contributed by atoms with Gasteiger partial charge in [0.2, 0.25) is 10.0 Å². The zero-order chi connectivity index (χ0) is 15.8. The molecule has 2 rings (SSSR count). The van der Waals surface area contributed by atoms with Crippen LogP contribution in [0.15, 0.2) is 14.7 Å². The van der Waals surface area contributed by atoms with Crippen LogP contribution in [0.2, 0.25) is 0 Å². The lowest BCUT2D eigenvalue weighted by Crippen LogP contribution is -2.50. The number of esters is 1. The topological polar surface area (TPSA) is 101 Å². The number of carbonyl (C=O) groups excluding carboxylic acids is 1. The molecule has 1 fully saturated rings. The van der Waals surface area contributed by atoms with Gasteiger partial charge in [0.25, 0.3) is 0 Å². The van der Waals surface area contributed by atoms with Gasteiger partial charge in [-0.15, -0.1) is 11.3 Å². The fourth-order valence-corrected chi connectivity index (χ4v) is 5.99. The SMILES string of the molecule is COC(=O)c1cc(S(=O)(=O)N2CC(CC(=O)O)C2)c(Br)s1. The number of ether oxygens (including phenoxy) is 1. The maximum absolute atomic E-state index is 12.4. The third-order valence-corrected chi connectivity index (χ3v) is 7.11. The van der Waals surface area contributed by atoms with Gasteiger partial charge in [-0.25, -0.2) is 13.2 Å². The summed E-state index contributed by atoms with van der Waals surface area (Å²) in [6.07, 6.45) is -0.0514. The molecule has 0 bridgehead atoms. The summed E-state index contributed by atoms with van der Waals surface area (Å²) in [6, 6.07) is 1.26. The molecule has 0 amide bonds. The first-order chi connectivity index (χ1) is 9.75. The van der Waals surface area contributed by atoms with Gasteiger partial charge in [0.05, 0.1) is 17.3 Å². The number of rotatable bonds is 5. The Morgan fingerprint density at radius 1 is 1.52 bits per heavy atom. The summed E-state index contributed by atoms with van der Waals surface area (Å²) in [6.45, 7) is 0.342. The standard InChI is InChI=1S/C11H12BrNO6S2/c1-19-11(16)7-3-8(10(12)20-7)21(17,18)13-4-6(5-13)2-9(14)15/h3,6H,2,4-5H2,1H3,(H,14,15). The lowest BCUT2D eigenvalue weighted by Gasteiger charge is -2.37. The minimum atomic E-state index is -3.73. The Kier molecular flexibility index (Phi) is 4.71. The van der Waals surface area contributed by atoms with Crippen LogP contribution in [0.5, 0.6) is 0 Å².